The van der Waals surface area contributed by atoms with Crippen molar-refractivity contribution in [3.63, 3.8) is 0 Å². The fourth-order valence-corrected chi connectivity index (χ4v) is 1.94. The van der Waals surface area contributed by atoms with Gasteiger partial charge in [-0.25, -0.2) is 0 Å². The molecule has 0 bridgehead atoms. The Morgan fingerprint density at radius 1 is 1.36 bits per heavy atom. The summed E-state index contributed by atoms with van der Waals surface area (Å²) in [5.41, 5.74) is 1.93. The Bertz CT molecular complexity index is 602. The maximum Gasteiger partial charge on any atom is 0.224 e. The molecule has 0 aliphatic carbocycles. The van der Waals surface area contributed by atoms with Crippen molar-refractivity contribution in [2.45, 2.75) is 19.4 Å². The largest absolute Gasteiger partial charge is 0.491 e. The van der Waals surface area contributed by atoms with Crippen LogP contribution in [0.1, 0.15) is 11.1 Å². The number of nitrogens with zero attached hydrogens (tertiary/aromatic N) is 1. The summed E-state index contributed by atoms with van der Waals surface area (Å²) in [4.78, 5) is 15.7. The van der Waals surface area contributed by atoms with Gasteiger partial charge in [0.25, 0.3) is 0 Å². The summed E-state index contributed by atoms with van der Waals surface area (Å²) in [5.74, 6) is 0.559. The summed E-state index contributed by atoms with van der Waals surface area (Å²) < 4.78 is 5.49. The molecule has 2 rings (SSSR count). The number of benzene rings is 1. The summed E-state index contributed by atoms with van der Waals surface area (Å²) >= 11 is 0. The van der Waals surface area contributed by atoms with Crippen LogP contribution in [0.15, 0.2) is 48.8 Å². The lowest BCUT2D eigenvalue weighted by Crippen LogP contribution is -2.36. The number of amides is 1. The van der Waals surface area contributed by atoms with Crippen molar-refractivity contribution in [1.82, 2.24) is 10.3 Å². The third-order valence-corrected chi connectivity index (χ3v) is 3.05. The number of rotatable bonds is 7. The molecule has 2 aromatic rings. The molecule has 0 spiro atoms. The van der Waals surface area contributed by atoms with Gasteiger partial charge in [0.05, 0.1) is 6.42 Å². The zero-order valence-electron chi connectivity index (χ0n) is 12.5. The van der Waals surface area contributed by atoms with Gasteiger partial charge in [0.1, 0.15) is 18.5 Å². The van der Waals surface area contributed by atoms with Gasteiger partial charge in [-0.3, -0.25) is 9.78 Å². The predicted molar refractivity (Wildman–Crippen MR) is 83.6 cm³/mol. The van der Waals surface area contributed by atoms with Crippen LogP contribution in [0.3, 0.4) is 0 Å². The molecule has 2 N–H and O–H groups in total. The van der Waals surface area contributed by atoms with Crippen molar-refractivity contribution in [2.75, 3.05) is 13.2 Å². The van der Waals surface area contributed by atoms with Gasteiger partial charge in [0.2, 0.25) is 5.91 Å². The number of carbonyl (C=O) groups excluding carboxylic acids is 1. The highest BCUT2D eigenvalue weighted by atomic mass is 16.5. The van der Waals surface area contributed by atoms with Gasteiger partial charge in [-0.05, 0) is 36.2 Å². The zero-order chi connectivity index (χ0) is 15.8. The van der Waals surface area contributed by atoms with Gasteiger partial charge in [-0.1, -0.05) is 18.2 Å². The van der Waals surface area contributed by atoms with E-state index in [0.29, 0.717) is 5.75 Å². The average Bonchev–Trinajstić information content (AvgIpc) is 2.52. The molecule has 0 aliphatic rings. The van der Waals surface area contributed by atoms with Crippen molar-refractivity contribution < 1.29 is 14.6 Å². The first-order valence-electron chi connectivity index (χ1n) is 7.16. The molecule has 5 nitrogen and oxygen atoms in total. The fraction of sp³-hybridized carbons (Fsp3) is 0.294. The summed E-state index contributed by atoms with van der Waals surface area (Å²) in [6.07, 6.45) is 2.81. The fourth-order valence-electron chi connectivity index (χ4n) is 1.94. The van der Waals surface area contributed by atoms with E-state index in [1.54, 1.807) is 18.5 Å². The number of aliphatic hydroxyl groups excluding tert-OH is 1. The highest BCUT2D eigenvalue weighted by molar-refractivity contribution is 5.78. The molecule has 0 aliphatic heterocycles. The van der Waals surface area contributed by atoms with Crippen LogP contribution in [0.25, 0.3) is 0 Å². The number of aryl methyl sites for hydroxylation is 1. The van der Waals surface area contributed by atoms with Gasteiger partial charge in [0.15, 0.2) is 0 Å². The van der Waals surface area contributed by atoms with Gasteiger partial charge in [-0.2, -0.15) is 0 Å². The van der Waals surface area contributed by atoms with Gasteiger partial charge in [0, 0.05) is 18.9 Å². The first-order valence-corrected chi connectivity index (χ1v) is 7.16. The number of aromatic nitrogens is 1. The smallest absolute Gasteiger partial charge is 0.224 e. The summed E-state index contributed by atoms with van der Waals surface area (Å²) in [6, 6.07) is 11.2. The molecule has 0 radical (unpaired) electrons. The van der Waals surface area contributed by atoms with Crippen LogP contribution >= 0.6 is 0 Å². The number of ether oxygens (including phenoxy) is 1. The maximum absolute atomic E-state index is 11.7. The van der Waals surface area contributed by atoms with Crippen LogP contribution in [0.4, 0.5) is 0 Å². The predicted octanol–water partition coefficient (Wildman–Crippen LogP) is 1.49. The van der Waals surface area contributed by atoms with Crippen LogP contribution in [0, 0.1) is 6.92 Å². The third-order valence-electron chi connectivity index (χ3n) is 3.05. The van der Waals surface area contributed by atoms with Crippen LogP contribution < -0.4 is 10.1 Å². The number of carbonyl (C=O) groups is 1. The Labute approximate surface area is 130 Å². The second kappa shape index (κ2) is 8.14. The normalized spacial score (nSPS) is 11.7. The molecule has 1 atom stereocenters. The van der Waals surface area contributed by atoms with E-state index in [1.165, 1.54) is 0 Å². The Balaban J connectivity index is 1.69. The first-order chi connectivity index (χ1) is 10.6. The number of nitrogens with one attached hydrogen (secondary N) is 1. The summed E-state index contributed by atoms with van der Waals surface area (Å²) in [7, 11) is 0. The third kappa shape index (κ3) is 5.54. The lowest BCUT2D eigenvalue weighted by molar-refractivity contribution is -0.121. The summed E-state index contributed by atoms with van der Waals surface area (Å²) in [5, 5.41) is 12.5. The SMILES string of the molecule is Cc1cccc(OCC(O)CNC(=O)Cc2cccnc2)c1. The standard InChI is InChI=1S/C17H20N2O3/c1-13-4-2-6-16(8-13)22-12-15(20)11-19-17(21)9-14-5-3-7-18-10-14/h2-8,10,15,20H,9,11-12H2,1H3,(H,19,21). The van der Waals surface area contributed by atoms with Crippen LogP contribution in [0.5, 0.6) is 5.75 Å². The molecule has 22 heavy (non-hydrogen) atoms. The van der Waals surface area contributed by atoms with Crippen molar-refractivity contribution in [2.24, 2.45) is 0 Å². The van der Waals surface area contributed by atoms with E-state index in [4.69, 9.17) is 4.74 Å². The number of pyridine rings is 1. The van der Waals surface area contributed by atoms with Gasteiger partial charge >= 0.3 is 0 Å². The summed E-state index contributed by atoms with van der Waals surface area (Å²) in [6.45, 7) is 2.27. The Hall–Kier alpha value is -2.40. The molecule has 1 aromatic heterocycles. The zero-order valence-corrected chi connectivity index (χ0v) is 12.5. The molecule has 1 heterocycles. The van der Waals surface area contributed by atoms with E-state index in [-0.39, 0.29) is 25.5 Å². The lowest BCUT2D eigenvalue weighted by atomic mass is 10.2. The molecule has 0 fully saturated rings. The minimum Gasteiger partial charge on any atom is -0.491 e. The van der Waals surface area contributed by atoms with E-state index in [0.717, 1.165) is 11.1 Å². The molecule has 5 heteroatoms. The lowest BCUT2D eigenvalue weighted by Gasteiger charge is -2.13. The minimum atomic E-state index is -0.752. The number of aliphatic hydroxyl groups is 1. The van der Waals surface area contributed by atoms with E-state index >= 15 is 0 Å². The number of hydrogen-bond acceptors (Lipinski definition) is 4. The van der Waals surface area contributed by atoms with E-state index in [2.05, 4.69) is 10.3 Å². The van der Waals surface area contributed by atoms with Gasteiger partial charge < -0.3 is 15.2 Å². The molecule has 1 aromatic carbocycles. The molecule has 0 saturated carbocycles. The highest BCUT2D eigenvalue weighted by Crippen LogP contribution is 2.12. The molecular weight excluding hydrogens is 280 g/mol. The molecule has 1 amide bonds. The highest BCUT2D eigenvalue weighted by Gasteiger charge is 2.09. The topological polar surface area (TPSA) is 71.5 Å². The molecular formula is C17H20N2O3. The maximum atomic E-state index is 11.7. The van der Waals surface area contributed by atoms with Crippen LogP contribution in [-0.2, 0) is 11.2 Å². The molecule has 1 unspecified atom stereocenters. The quantitative estimate of drug-likeness (QED) is 0.812. The second-order valence-corrected chi connectivity index (χ2v) is 5.12. The van der Waals surface area contributed by atoms with Crippen molar-refractivity contribution in [3.05, 3.63) is 59.9 Å². The Kier molecular flexibility index (Phi) is 5.91. The number of hydrogen-bond donors (Lipinski definition) is 2. The Morgan fingerprint density at radius 2 is 2.23 bits per heavy atom. The van der Waals surface area contributed by atoms with Crippen molar-refractivity contribution in [1.29, 1.82) is 0 Å². The molecule has 0 saturated heterocycles. The van der Waals surface area contributed by atoms with E-state index < -0.39 is 6.10 Å². The first kappa shape index (κ1) is 16.0. The van der Waals surface area contributed by atoms with Crippen molar-refractivity contribution in [3.8, 4) is 5.75 Å². The monoisotopic (exact) mass is 300 g/mol. The minimum absolute atomic E-state index is 0.136. The van der Waals surface area contributed by atoms with E-state index in [9.17, 15) is 9.90 Å². The van der Waals surface area contributed by atoms with Crippen LogP contribution in [-0.4, -0.2) is 35.3 Å². The van der Waals surface area contributed by atoms with E-state index in [1.807, 2.05) is 37.3 Å². The Morgan fingerprint density at radius 3 is 2.95 bits per heavy atom. The molecule has 116 valence electrons. The van der Waals surface area contributed by atoms with Crippen LogP contribution in [0.2, 0.25) is 0 Å². The second-order valence-electron chi connectivity index (χ2n) is 5.12. The average molecular weight is 300 g/mol. The van der Waals surface area contributed by atoms with Crippen molar-refractivity contribution >= 4 is 5.91 Å². The van der Waals surface area contributed by atoms with Gasteiger partial charge in [-0.15, -0.1) is 0 Å².